The van der Waals surface area contributed by atoms with Crippen LogP contribution >= 0.6 is 11.6 Å². The third-order valence-corrected chi connectivity index (χ3v) is 4.81. The van der Waals surface area contributed by atoms with Crippen molar-refractivity contribution in [2.45, 2.75) is 30.3 Å². The topological polar surface area (TPSA) is 89.2 Å². The lowest BCUT2D eigenvalue weighted by atomic mass is 9.67. The molecule has 0 fully saturated rings. The first-order valence-electron chi connectivity index (χ1n) is 8.38. The van der Waals surface area contributed by atoms with Gasteiger partial charge in [0, 0.05) is 17.2 Å². The SMILES string of the molecule is Cc1nn(-c2ccc(OC(F)(F)Cl)cc2)c2c1C(C(F)(F)F)(C(F)(F)F)C(C#N)C(N)=N2. The van der Waals surface area contributed by atoms with Crippen molar-refractivity contribution < 1.29 is 39.9 Å². The van der Waals surface area contributed by atoms with Crippen LogP contribution in [0, 0.1) is 24.2 Å². The summed E-state index contributed by atoms with van der Waals surface area (Å²) >= 11 is 4.64. The molecule has 0 spiro atoms. The molecule has 172 valence electrons. The van der Waals surface area contributed by atoms with Gasteiger partial charge in [0.2, 0.25) is 5.41 Å². The highest BCUT2D eigenvalue weighted by Crippen LogP contribution is 2.61. The number of nitrogens with zero attached hydrogens (tertiary/aromatic N) is 4. The maximum Gasteiger partial charge on any atom is 0.487 e. The number of fused-ring (bicyclic) bond motifs is 1. The third kappa shape index (κ3) is 3.50. The highest BCUT2D eigenvalue weighted by Gasteiger charge is 2.78. The number of amidine groups is 1. The third-order valence-electron chi connectivity index (χ3n) is 4.73. The number of ether oxygens (including phenoxy) is 1. The van der Waals surface area contributed by atoms with Crippen LogP contribution in [-0.2, 0) is 5.41 Å². The van der Waals surface area contributed by atoms with Gasteiger partial charge in [-0.05, 0) is 31.2 Å². The average molecular weight is 488 g/mol. The standard InChI is InChI=1S/C17H10ClF8N5O/c1-7-11-13(31(30-7)8-2-4-9(5-3-8)32-17(18,25)26)29-12(28)10(6-27)14(11,15(19,20)21)16(22,23)24/h2-5,10H,1H3,(H2,28,29). The molecule has 3 rings (SSSR count). The maximum absolute atomic E-state index is 14.1. The number of hydrogen-bond acceptors (Lipinski definition) is 5. The highest BCUT2D eigenvalue weighted by molar-refractivity contribution is 6.20. The van der Waals surface area contributed by atoms with Crippen molar-refractivity contribution in [3.8, 4) is 17.5 Å². The molecule has 1 aliphatic heterocycles. The Hall–Kier alpha value is -3.08. The van der Waals surface area contributed by atoms with Gasteiger partial charge in [0.15, 0.2) is 5.82 Å². The number of benzene rings is 1. The number of hydrogen-bond donors (Lipinski definition) is 1. The van der Waals surface area contributed by atoms with E-state index in [1.807, 2.05) is 0 Å². The molecule has 0 radical (unpaired) electrons. The highest BCUT2D eigenvalue weighted by atomic mass is 35.5. The number of nitrogens with two attached hydrogens (primary N) is 1. The fourth-order valence-corrected chi connectivity index (χ4v) is 3.63. The van der Waals surface area contributed by atoms with E-state index in [-0.39, 0.29) is 5.69 Å². The molecule has 0 aliphatic carbocycles. The summed E-state index contributed by atoms with van der Waals surface area (Å²) in [5.74, 6) is -5.46. The van der Waals surface area contributed by atoms with E-state index >= 15 is 0 Å². The van der Waals surface area contributed by atoms with Gasteiger partial charge < -0.3 is 10.5 Å². The van der Waals surface area contributed by atoms with Gasteiger partial charge in [0.1, 0.15) is 17.5 Å². The summed E-state index contributed by atoms with van der Waals surface area (Å²) < 4.78 is 115. The lowest BCUT2D eigenvalue weighted by molar-refractivity contribution is -0.309. The minimum absolute atomic E-state index is 0.148. The van der Waals surface area contributed by atoms with Crippen LogP contribution < -0.4 is 10.5 Å². The monoisotopic (exact) mass is 487 g/mol. The second kappa shape index (κ2) is 7.22. The van der Waals surface area contributed by atoms with Crippen molar-refractivity contribution in [3.05, 3.63) is 35.5 Å². The Morgan fingerprint density at radius 2 is 1.62 bits per heavy atom. The van der Waals surface area contributed by atoms with Gasteiger partial charge in [-0.25, -0.2) is 9.67 Å². The van der Waals surface area contributed by atoms with Crippen LogP contribution in [0.5, 0.6) is 5.75 Å². The van der Waals surface area contributed by atoms with Crippen LogP contribution in [-0.4, -0.2) is 33.5 Å². The summed E-state index contributed by atoms with van der Waals surface area (Å²) in [5, 5.41) is 12.9. The second-order valence-corrected chi connectivity index (χ2v) is 7.08. The zero-order valence-corrected chi connectivity index (χ0v) is 16.3. The quantitative estimate of drug-likeness (QED) is 0.495. The van der Waals surface area contributed by atoms with Crippen molar-refractivity contribution in [2.24, 2.45) is 16.6 Å². The number of aryl methyl sites for hydroxylation is 1. The first-order chi connectivity index (χ1) is 14.5. The summed E-state index contributed by atoms with van der Waals surface area (Å²) in [7, 11) is 0. The zero-order chi connectivity index (χ0) is 24.3. The van der Waals surface area contributed by atoms with Gasteiger partial charge in [0.05, 0.1) is 17.5 Å². The Balaban J connectivity index is 2.29. The first kappa shape index (κ1) is 23.6. The van der Waals surface area contributed by atoms with E-state index in [2.05, 4.69) is 26.4 Å². The number of nitriles is 1. The molecule has 0 saturated heterocycles. The van der Waals surface area contributed by atoms with E-state index in [1.54, 1.807) is 0 Å². The van der Waals surface area contributed by atoms with Gasteiger partial charge in [-0.2, -0.15) is 36.7 Å². The number of alkyl halides is 9. The van der Waals surface area contributed by atoms with Crippen molar-refractivity contribution in [2.75, 3.05) is 0 Å². The predicted molar refractivity (Wildman–Crippen MR) is 93.9 cm³/mol. The minimum Gasteiger partial charge on any atom is -0.420 e. The van der Waals surface area contributed by atoms with Crippen LogP contribution in [0.1, 0.15) is 11.3 Å². The van der Waals surface area contributed by atoms with Crippen LogP contribution in [0.25, 0.3) is 5.69 Å². The second-order valence-electron chi connectivity index (χ2n) is 6.64. The average Bonchev–Trinajstić information content (AvgIpc) is 2.94. The number of aromatic nitrogens is 2. The molecule has 2 aromatic rings. The van der Waals surface area contributed by atoms with Crippen molar-refractivity contribution in [1.82, 2.24) is 9.78 Å². The van der Waals surface area contributed by atoms with Crippen molar-refractivity contribution in [3.63, 3.8) is 0 Å². The summed E-state index contributed by atoms with van der Waals surface area (Å²) in [5.41, 5.74) is -5.59. The molecule has 0 amide bonds. The fraction of sp³-hybridized carbons (Fsp3) is 0.353. The van der Waals surface area contributed by atoms with E-state index in [4.69, 9.17) is 11.0 Å². The zero-order valence-electron chi connectivity index (χ0n) is 15.6. The number of aliphatic imine (C=N–C) groups is 1. The molecule has 0 bridgehead atoms. The van der Waals surface area contributed by atoms with Gasteiger partial charge in [0.25, 0.3) is 0 Å². The van der Waals surface area contributed by atoms with E-state index in [0.717, 1.165) is 37.3 Å². The fourth-order valence-electron chi connectivity index (χ4n) is 3.54. The van der Waals surface area contributed by atoms with Crippen LogP contribution in [0.2, 0.25) is 0 Å². The largest absolute Gasteiger partial charge is 0.487 e. The number of rotatable bonds is 3. The van der Waals surface area contributed by atoms with E-state index < -0.39 is 57.9 Å². The predicted octanol–water partition coefficient (Wildman–Crippen LogP) is 4.85. The molecule has 6 nitrogen and oxygen atoms in total. The molecular formula is C17H10ClF8N5O. The molecular weight excluding hydrogens is 478 g/mol. The Kier molecular flexibility index (Phi) is 5.32. The molecule has 2 N–H and O–H groups in total. The normalized spacial score (nSPS) is 18.5. The minimum atomic E-state index is -6.00. The van der Waals surface area contributed by atoms with Crippen LogP contribution in [0.4, 0.5) is 40.9 Å². The lowest BCUT2D eigenvalue weighted by Gasteiger charge is -2.41. The van der Waals surface area contributed by atoms with E-state index in [9.17, 15) is 35.1 Å². The molecule has 1 aromatic carbocycles. The van der Waals surface area contributed by atoms with E-state index in [1.165, 1.54) is 0 Å². The Morgan fingerprint density at radius 1 is 1.09 bits per heavy atom. The molecule has 2 heterocycles. The van der Waals surface area contributed by atoms with Gasteiger partial charge in [-0.1, -0.05) is 0 Å². The molecule has 15 heteroatoms. The van der Waals surface area contributed by atoms with Crippen LogP contribution in [0.15, 0.2) is 29.3 Å². The molecule has 32 heavy (non-hydrogen) atoms. The summed E-state index contributed by atoms with van der Waals surface area (Å²) in [4.78, 5) is 3.60. The Bertz CT molecular complexity index is 1090. The van der Waals surface area contributed by atoms with Gasteiger partial charge >= 0.3 is 17.9 Å². The lowest BCUT2D eigenvalue weighted by Crippen LogP contribution is -2.62. The Morgan fingerprint density at radius 3 is 2.06 bits per heavy atom. The van der Waals surface area contributed by atoms with Gasteiger partial charge in [-0.3, -0.25) is 0 Å². The molecule has 1 unspecified atom stereocenters. The first-order valence-corrected chi connectivity index (χ1v) is 8.75. The molecule has 1 aromatic heterocycles. The molecule has 0 saturated carbocycles. The molecule has 1 atom stereocenters. The number of halogens is 9. The smallest absolute Gasteiger partial charge is 0.420 e. The maximum atomic E-state index is 14.1. The Labute approximate surface area is 178 Å². The van der Waals surface area contributed by atoms with E-state index in [0.29, 0.717) is 4.68 Å². The van der Waals surface area contributed by atoms with Crippen molar-refractivity contribution >= 4 is 23.3 Å². The summed E-state index contributed by atoms with van der Waals surface area (Å²) in [6.45, 7) is 0.887. The summed E-state index contributed by atoms with van der Waals surface area (Å²) in [6.07, 6.45) is -12.0. The molecule has 1 aliphatic rings. The van der Waals surface area contributed by atoms with Crippen molar-refractivity contribution in [1.29, 1.82) is 5.26 Å². The van der Waals surface area contributed by atoms with Gasteiger partial charge in [-0.15, -0.1) is 8.78 Å². The van der Waals surface area contributed by atoms with Crippen LogP contribution in [0.3, 0.4) is 0 Å². The summed E-state index contributed by atoms with van der Waals surface area (Å²) in [6, 6.07) is 4.89.